The number of aromatic nitrogens is 1. The first-order chi connectivity index (χ1) is 10.0. The highest BCUT2D eigenvalue weighted by atomic mass is 32.2. The van der Waals surface area contributed by atoms with Crippen LogP contribution in [0.4, 0.5) is 0 Å². The molecule has 21 heavy (non-hydrogen) atoms. The van der Waals surface area contributed by atoms with Gasteiger partial charge in [0.15, 0.2) is 0 Å². The molecule has 1 aliphatic rings. The summed E-state index contributed by atoms with van der Waals surface area (Å²) >= 11 is 0. The molecule has 1 aliphatic heterocycles. The fourth-order valence-electron chi connectivity index (χ4n) is 2.47. The zero-order valence-corrected chi connectivity index (χ0v) is 13.5. The molecule has 0 unspecified atom stereocenters. The van der Waals surface area contributed by atoms with Crippen LogP contribution in [0.25, 0.3) is 0 Å². The predicted octanol–water partition coefficient (Wildman–Crippen LogP) is 0.386. The van der Waals surface area contributed by atoms with Crippen molar-refractivity contribution in [3.63, 3.8) is 0 Å². The number of pyridine rings is 1. The van der Waals surface area contributed by atoms with E-state index in [0.717, 1.165) is 32.7 Å². The van der Waals surface area contributed by atoms with E-state index in [1.165, 1.54) is 6.20 Å². The molecule has 2 heterocycles. The Balaban J connectivity index is 1.85. The first-order valence-electron chi connectivity index (χ1n) is 7.39. The van der Waals surface area contributed by atoms with Gasteiger partial charge in [-0.2, -0.15) is 0 Å². The lowest BCUT2D eigenvalue weighted by atomic mass is 10.2. The zero-order chi connectivity index (χ0) is 15.3. The molecule has 1 saturated heterocycles. The SMILES string of the molecule is CCN1CCN([C@H](C)CNS(=O)(=O)c2cccnc2)CC1. The van der Waals surface area contributed by atoms with Gasteiger partial charge in [0.05, 0.1) is 0 Å². The molecule has 7 heteroatoms. The monoisotopic (exact) mass is 312 g/mol. The lowest BCUT2D eigenvalue weighted by molar-refractivity contribution is 0.107. The Morgan fingerprint density at radius 3 is 2.62 bits per heavy atom. The Morgan fingerprint density at radius 2 is 2.05 bits per heavy atom. The average molecular weight is 312 g/mol. The van der Waals surface area contributed by atoms with Crippen LogP contribution >= 0.6 is 0 Å². The van der Waals surface area contributed by atoms with Crippen LogP contribution < -0.4 is 4.72 Å². The van der Waals surface area contributed by atoms with Gasteiger partial charge in [-0.1, -0.05) is 6.92 Å². The summed E-state index contributed by atoms with van der Waals surface area (Å²) < 4.78 is 27.0. The van der Waals surface area contributed by atoms with Crippen molar-refractivity contribution in [1.29, 1.82) is 0 Å². The predicted molar refractivity (Wildman–Crippen MR) is 82.6 cm³/mol. The van der Waals surface area contributed by atoms with Crippen LogP contribution in [-0.2, 0) is 10.0 Å². The Hall–Kier alpha value is -1.02. The summed E-state index contributed by atoms with van der Waals surface area (Å²) in [5.41, 5.74) is 0. The summed E-state index contributed by atoms with van der Waals surface area (Å²) in [6.45, 7) is 9.81. The van der Waals surface area contributed by atoms with Crippen LogP contribution in [0.15, 0.2) is 29.4 Å². The number of sulfonamides is 1. The van der Waals surface area contributed by atoms with E-state index in [4.69, 9.17) is 0 Å². The molecule has 1 aromatic rings. The number of hydrogen-bond donors (Lipinski definition) is 1. The number of piperazine rings is 1. The smallest absolute Gasteiger partial charge is 0.242 e. The second-order valence-corrected chi connectivity index (χ2v) is 7.13. The third-order valence-electron chi connectivity index (χ3n) is 3.99. The summed E-state index contributed by atoms with van der Waals surface area (Å²) in [6, 6.07) is 3.37. The molecule has 6 nitrogen and oxygen atoms in total. The fourth-order valence-corrected chi connectivity index (χ4v) is 3.55. The van der Waals surface area contributed by atoms with Gasteiger partial charge in [0, 0.05) is 51.2 Å². The molecule has 2 rings (SSSR count). The lowest BCUT2D eigenvalue weighted by Crippen LogP contribution is -2.52. The van der Waals surface area contributed by atoms with Crippen LogP contribution in [-0.4, -0.2) is 68.5 Å². The minimum Gasteiger partial charge on any atom is -0.301 e. The lowest BCUT2D eigenvalue weighted by Gasteiger charge is -2.37. The molecule has 0 saturated carbocycles. The summed E-state index contributed by atoms with van der Waals surface area (Å²) in [5, 5.41) is 0. The summed E-state index contributed by atoms with van der Waals surface area (Å²) in [7, 11) is -3.46. The Bertz CT molecular complexity index is 527. The maximum atomic E-state index is 12.1. The van der Waals surface area contributed by atoms with Gasteiger partial charge in [0.2, 0.25) is 10.0 Å². The van der Waals surface area contributed by atoms with Crippen molar-refractivity contribution in [2.24, 2.45) is 0 Å². The van der Waals surface area contributed by atoms with Gasteiger partial charge < -0.3 is 4.90 Å². The zero-order valence-electron chi connectivity index (χ0n) is 12.7. The van der Waals surface area contributed by atoms with E-state index in [9.17, 15) is 8.42 Å². The minimum atomic E-state index is -3.46. The minimum absolute atomic E-state index is 0.190. The van der Waals surface area contributed by atoms with Crippen molar-refractivity contribution in [1.82, 2.24) is 19.5 Å². The largest absolute Gasteiger partial charge is 0.301 e. The second kappa shape index (κ2) is 7.31. The van der Waals surface area contributed by atoms with Gasteiger partial charge in [-0.25, -0.2) is 13.1 Å². The molecule has 1 atom stereocenters. The van der Waals surface area contributed by atoms with Crippen molar-refractivity contribution < 1.29 is 8.42 Å². The summed E-state index contributed by atoms with van der Waals surface area (Å²) in [6.07, 6.45) is 2.93. The summed E-state index contributed by atoms with van der Waals surface area (Å²) in [4.78, 5) is 8.80. The quantitative estimate of drug-likeness (QED) is 0.823. The first-order valence-corrected chi connectivity index (χ1v) is 8.87. The molecule has 1 aromatic heterocycles. The van der Waals surface area contributed by atoms with Gasteiger partial charge in [-0.15, -0.1) is 0 Å². The van der Waals surface area contributed by atoms with Crippen molar-refractivity contribution >= 4 is 10.0 Å². The van der Waals surface area contributed by atoms with E-state index in [1.54, 1.807) is 18.3 Å². The molecule has 0 amide bonds. The molecule has 0 radical (unpaired) electrons. The van der Waals surface area contributed by atoms with Crippen LogP contribution in [0.1, 0.15) is 13.8 Å². The fraction of sp³-hybridized carbons (Fsp3) is 0.643. The molecule has 118 valence electrons. The highest BCUT2D eigenvalue weighted by Crippen LogP contribution is 2.08. The van der Waals surface area contributed by atoms with Gasteiger partial charge in [0.25, 0.3) is 0 Å². The normalized spacial score (nSPS) is 19.5. The standard InChI is InChI=1S/C14H24N4O2S/c1-3-17-7-9-18(10-8-17)13(2)11-16-21(19,20)14-5-4-6-15-12-14/h4-6,12-13,16H,3,7-11H2,1-2H3/t13-/m1/s1. The number of likely N-dealkylation sites (N-methyl/N-ethyl adjacent to an activating group) is 1. The second-order valence-electron chi connectivity index (χ2n) is 5.36. The van der Waals surface area contributed by atoms with Crippen molar-refractivity contribution in [3.05, 3.63) is 24.5 Å². The Morgan fingerprint density at radius 1 is 1.33 bits per heavy atom. The van der Waals surface area contributed by atoms with Gasteiger partial charge >= 0.3 is 0 Å². The first kappa shape index (κ1) is 16.4. The number of rotatable bonds is 6. The molecule has 0 aromatic carbocycles. The average Bonchev–Trinajstić information content (AvgIpc) is 2.53. The van der Waals surface area contributed by atoms with Crippen molar-refractivity contribution in [3.8, 4) is 0 Å². The van der Waals surface area contributed by atoms with Crippen LogP contribution in [0.5, 0.6) is 0 Å². The summed E-state index contributed by atoms with van der Waals surface area (Å²) in [5.74, 6) is 0. The molecular weight excluding hydrogens is 288 g/mol. The molecule has 1 N–H and O–H groups in total. The molecule has 0 spiro atoms. The number of nitrogens with zero attached hydrogens (tertiary/aromatic N) is 3. The van der Waals surface area contributed by atoms with E-state index >= 15 is 0 Å². The number of nitrogens with one attached hydrogen (secondary N) is 1. The van der Waals surface area contributed by atoms with E-state index in [2.05, 4.69) is 33.4 Å². The maximum absolute atomic E-state index is 12.1. The van der Waals surface area contributed by atoms with E-state index in [-0.39, 0.29) is 10.9 Å². The van der Waals surface area contributed by atoms with E-state index in [1.807, 2.05) is 0 Å². The third kappa shape index (κ3) is 4.47. The Kier molecular flexibility index (Phi) is 5.69. The van der Waals surface area contributed by atoms with Crippen LogP contribution in [0.3, 0.4) is 0 Å². The van der Waals surface area contributed by atoms with E-state index in [0.29, 0.717) is 6.54 Å². The molecule has 1 fully saturated rings. The highest BCUT2D eigenvalue weighted by molar-refractivity contribution is 7.89. The molecule has 0 bridgehead atoms. The maximum Gasteiger partial charge on any atom is 0.242 e. The van der Waals surface area contributed by atoms with Gasteiger partial charge in [-0.3, -0.25) is 9.88 Å². The number of hydrogen-bond acceptors (Lipinski definition) is 5. The third-order valence-corrected chi connectivity index (χ3v) is 5.40. The highest BCUT2D eigenvalue weighted by Gasteiger charge is 2.22. The topological polar surface area (TPSA) is 65.5 Å². The van der Waals surface area contributed by atoms with Crippen LogP contribution in [0, 0.1) is 0 Å². The van der Waals surface area contributed by atoms with E-state index < -0.39 is 10.0 Å². The van der Waals surface area contributed by atoms with Gasteiger partial charge in [0.1, 0.15) is 4.90 Å². The molecular formula is C14H24N4O2S. The Labute approximate surface area is 127 Å². The van der Waals surface area contributed by atoms with Crippen molar-refractivity contribution in [2.75, 3.05) is 39.3 Å². The van der Waals surface area contributed by atoms with Gasteiger partial charge in [-0.05, 0) is 25.6 Å². The van der Waals surface area contributed by atoms with Crippen molar-refractivity contribution in [2.45, 2.75) is 24.8 Å². The van der Waals surface area contributed by atoms with Crippen LogP contribution in [0.2, 0.25) is 0 Å². The molecule has 0 aliphatic carbocycles.